The average Bonchev–Trinajstić information content (AvgIpc) is 2.42. The third kappa shape index (κ3) is 2.53. The van der Waals surface area contributed by atoms with Crippen LogP contribution in [0, 0.1) is 0 Å². The van der Waals surface area contributed by atoms with Crippen LogP contribution in [0.25, 0.3) is 5.70 Å². The van der Waals surface area contributed by atoms with Gasteiger partial charge in [0.2, 0.25) is 5.91 Å². The molecule has 0 bridgehead atoms. The Morgan fingerprint density at radius 3 is 2.61 bits per heavy atom. The zero-order valence-electron chi connectivity index (χ0n) is 10.5. The summed E-state index contributed by atoms with van der Waals surface area (Å²) in [6.07, 6.45) is 2.95. The predicted octanol–water partition coefficient (Wildman–Crippen LogP) is 3.09. The number of benzene rings is 1. The first-order valence-corrected chi connectivity index (χ1v) is 7.22. The highest BCUT2D eigenvalue weighted by Crippen LogP contribution is 2.29. The monoisotopic (exact) mass is 357 g/mol. The van der Waals surface area contributed by atoms with Crippen molar-refractivity contribution in [3.05, 3.63) is 35.9 Å². The first kappa shape index (κ1) is 13.4. The molecule has 0 saturated heterocycles. The van der Waals surface area contributed by atoms with Crippen LogP contribution < -0.4 is 4.74 Å². The number of carbonyl (C=O) groups excluding carboxylic acids is 1. The van der Waals surface area contributed by atoms with Crippen molar-refractivity contribution < 1.29 is 9.53 Å². The molecule has 0 radical (unpaired) electrons. The number of hydrogen-bond acceptors (Lipinski definition) is 2. The van der Waals surface area contributed by atoms with E-state index in [4.69, 9.17) is 4.74 Å². The number of methoxy groups -OCH3 is 1. The predicted molar refractivity (Wildman–Crippen MR) is 80.8 cm³/mol. The maximum atomic E-state index is 12.1. The third-order valence-corrected chi connectivity index (χ3v) is 4.09. The van der Waals surface area contributed by atoms with Crippen molar-refractivity contribution in [2.75, 3.05) is 13.7 Å². The molecule has 0 aliphatic carbocycles. The normalized spacial score (nSPS) is 19.7. The van der Waals surface area contributed by atoms with Gasteiger partial charge in [0.15, 0.2) is 0 Å². The van der Waals surface area contributed by atoms with Crippen LogP contribution in [0.1, 0.15) is 18.9 Å². The standard InChI is InChI=1S/C14H16INO2/c1-3-16-13(9-8-12(15)14(16)17)10-4-6-11(18-2)7-5-10/h4-7,9,12H,3,8H2,1-2H3. The van der Waals surface area contributed by atoms with Gasteiger partial charge in [-0.05, 0) is 43.2 Å². The minimum Gasteiger partial charge on any atom is -0.497 e. The van der Waals surface area contributed by atoms with Crippen LogP contribution in [-0.2, 0) is 4.79 Å². The zero-order valence-corrected chi connectivity index (χ0v) is 12.7. The van der Waals surface area contributed by atoms with E-state index in [9.17, 15) is 4.79 Å². The van der Waals surface area contributed by atoms with E-state index in [0.717, 1.165) is 23.4 Å². The van der Waals surface area contributed by atoms with Gasteiger partial charge in [-0.2, -0.15) is 0 Å². The number of nitrogens with zero attached hydrogens (tertiary/aromatic N) is 1. The smallest absolute Gasteiger partial charge is 0.240 e. The molecular formula is C14H16INO2. The Morgan fingerprint density at radius 2 is 2.06 bits per heavy atom. The second-order valence-corrected chi connectivity index (χ2v) is 5.61. The topological polar surface area (TPSA) is 29.5 Å². The summed E-state index contributed by atoms with van der Waals surface area (Å²) in [6.45, 7) is 2.71. The number of hydrogen-bond donors (Lipinski definition) is 0. The van der Waals surface area contributed by atoms with Crippen molar-refractivity contribution in [1.82, 2.24) is 4.90 Å². The zero-order chi connectivity index (χ0) is 13.1. The summed E-state index contributed by atoms with van der Waals surface area (Å²) in [5, 5.41) is 0. The Hall–Kier alpha value is -1.04. The number of carbonyl (C=O) groups is 1. The Bertz CT molecular complexity index is 467. The molecule has 1 aromatic rings. The number of ether oxygens (including phenoxy) is 1. The minimum absolute atomic E-state index is 0.0598. The Kier molecular flexibility index (Phi) is 4.27. The third-order valence-electron chi connectivity index (χ3n) is 3.04. The lowest BCUT2D eigenvalue weighted by atomic mass is 10.0. The van der Waals surface area contributed by atoms with Gasteiger partial charge in [0.25, 0.3) is 0 Å². The van der Waals surface area contributed by atoms with E-state index in [2.05, 4.69) is 28.7 Å². The van der Waals surface area contributed by atoms with E-state index in [1.807, 2.05) is 36.1 Å². The molecule has 0 spiro atoms. The molecule has 0 N–H and O–H groups in total. The molecule has 1 aliphatic rings. The fourth-order valence-corrected chi connectivity index (χ4v) is 2.67. The number of halogens is 1. The van der Waals surface area contributed by atoms with Crippen LogP contribution in [-0.4, -0.2) is 28.4 Å². The first-order valence-electron chi connectivity index (χ1n) is 5.97. The molecule has 1 unspecified atom stereocenters. The quantitative estimate of drug-likeness (QED) is 0.615. The summed E-state index contributed by atoms with van der Waals surface area (Å²) in [5.41, 5.74) is 2.08. The van der Waals surface area contributed by atoms with Gasteiger partial charge < -0.3 is 9.64 Å². The lowest BCUT2D eigenvalue weighted by molar-refractivity contribution is -0.127. The lowest BCUT2D eigenvalue weighted by Gasteiger charge is -2.30. The molecule has 0 fully saturated rings. The van der Waals surface area contributed by atoms with Crippen molar-refractivity contribution in [3.63, 3.8) is 0 Å². The maximum Gasteiger partial charge on any atom is 0.240 e. The number of rotatable bonds is 3. The molecular weight excluding hydrogens is 341 g/mol. The number of amides is 1. The summed E-state index contributed by atoms with van der Waals surface area (Å²) >= 11 is 2.21. The van der Waals surface area contributed by atoms with Gasteiger partial charge in [-0.1, -0.05) is 28.7 Å². The summed E-state index contributed by atoms with van der Waals surface area (Å²) in [7, 11) is 1.65. The first-order chi connectivity index (χ1) is 8.67. The van der Waals surface area contributed by atoms with Crippen LogP contribution in [0.5, 0.6) is 5.75 Å². The van der Waals surface area contributed by atoms with Gasteiger partial charge in [0.1, 0.15) is 5.75 Å². The second kappa shape index (κ2) is 5.73. The summed E-state index contributed by atoms with van der Waals surface area (Å²) in [6, 6.07) is 7.83. The lowest BCUT2D eigenvalue weighted by Crippen LogP contribution is -2.37. The molecule has 3 nitrogen and oxygen atoms in total. The van der Waals surface area contributed by atoms with E-state index in [1.165, 1.54) is 0 Å². The largest absolute Gasteiger partial charge is 0.497 e. The van der Waals surface area contributed by atoms with Crippen LogP contribution >= 0.6 is 22.6 Å². The van der Waals surface area contributed by atoms with E-state index in [1.54, 1.807) is 7.11 Å². The molecule has 96 valence electrons. The summed E-state index contributed by atoms with van der Waals surface area (Å²) < 4.78 is 5.21. The molecule has 1 heterocycles. The van der Waals surface area contributed by atoms with Crippen LogP contribution in [0.15, 0.2) is 30.3 Å². The molecule has 2 rings (SSSR count). The van der Waals surface area contributed by atoms with Gasteiger partial charge >= 0.3 is 0 Å². The summed E-state index contributed by atoms with van der Waals surface area (Å²) in [4.78, 5) is 14.0. The average molecular weight is 357 g/mol. The van der Waals surface area contributed by atoms with Crippen LogP contribution in [0.4, 0.5) is 0 Å². The fourth-order valence-electron chi connectivity index (χ4n) is 2.08. The van der Waals surface area contributed by atoms with Gasteiger partial charge in [-0.15, -0.1) is 0 Å². The highest BCUT2D eigenvalue weighted by atomic mass is 127. The molecule has 0 saturated carbocycles. The van der Waals surface area contributed by atoms with Crippen molar-refractivity contribution in [1.29, 1.82) is 0 Å². The molecule has 1 aliphatic heterocycles. The minimum atomic E-state index is 0.0598. The van der Waals surface area contributed by atoms with Gasteiger partial charge in [0, 0.05) is 12.2 Å². The van der Waals surface area contributed by atoms with Crippen molar-refractivity contribution in [2.24, 2.45) is 0 Å². The number of alkyl halides is 1. The molecule has 1 amide bonds. The van der Waals surface area contributed by atoms with Crippen molar-refractivity contribution in [3.8, 4) is 5.75 Å². The molecule has 4 heteroatoms. The second-order valence-electron chi connectivity index (χ2n) is 4.10. The molecule has 0 aromatic heterocycles. The van der Waals surface area contributed by atoms with E-state index < -0.39 is 0 Å². The van der Waals surface area contributed by atoms with E-state index in [-0.39, 0.29) is 9.83 Å². The highest BCUT2D eigenvalue weighted by molar-refractivity contribution is 14.1. The van der Waals surface area contributed by atoms with Crippen molar-refractivity contribution >= 4 is 34.2 Å². The molecule has 1 atom stereocenters. The Balaban J connectivity index is 2.33. The fraction of sp³-hybridized carbons (Fsp3) is 0.357. The van der Waals surface area contributed by atoms with Crippen LogP contribution in [0.3, 0.4) is 0 Å². The molecule has 1 aromatic carbocycles. The van der Waals surface area contributed by atoms with Gasteiger partial charge in [0.05, 0.1) is 11.0 Å². The Morgan fingerprint density at radius 1 is 1.39 bits per heavy atom. The number of allylic oxidation sites excluding steroid dienone is 1. The SMILES string of the molecule is CCN1C(=O)C(I)CC=C1c1ccc(OC)cc1. The van der Waals surface area contributed by atoms with Crippen molar-refractivity contribution in [2.45, 2.75) is 17.3 Å². The maximum absolute atomic E-state index is 12.1. The summed E-state index contributed by atoms with van der Waals surface area (Å²) in [5.74, 6) is 1.03. The molecule has 18 heavy (non-hydrogen) atoms. The van der Waals surface area contributed by atoms with E-state index >= 15 is 0 Å². The van der Waals surface area contributed by atoms with Crippen LogP contribution in [0.2, 0.25) is 0 Å². The highest BCUT2D eigenvalue weighted by Gasteiger charge is 2.27. The van der Waals surface area contributed by atoms with Gasteiger partial charge in [-0.25, -0.2) is 0 Å². The van der Waals surface area contributed by atoms with E-state index in [0.29, 0.717) is 6.54 Å². The van der Waals surface area contributed by atoms with Gasteiger partial charge in [-0.3, -0.25) is 4.79 Å². The Labute approximate surface area is 121 Å².